The number of anilines is 2. The predicted molar refractivity (Wildman–Crippen MR) is 102 cm³/mol. The molecule has 1 N–H and O–H groups in total. The number of nitrogens with zero attached hydrogens (tertiary/aromatic N) is 1. The summed E-state index contributed by atoms with van der Waals surface area (Å²) >= 11 is 0. The summed E-state index contributed by atoms with van der Waals surface area (Å²) in [6.07, 6.45) is 2.04. The average molecular weight is 378 g/mol. The lowest BCUT2D eigenvalue weighted by molar-refractivity contribution is -0.117. The smallest absolute Gasteiger partial charge is 0.248 e. The van der Waals surface area contributed by atoms with E-state index in [-0.39, 0.29) is 12.1 Å². The van der Waals surface area contributed by atoms with Gasteiger partial charge in [-0.2, -0.15) is 0 Å². The van der Waals surface area contributed by atoms with E-state index in [9.17, 15) is 17.6 Å². The van der Waals surface area contributed by atoms with Crippen molar-refractivity contribution in [3.63, 3.8) is 0 Å². The van der Waals surface area contributed by atoms with E-state index in [4.69, 9.17) is 0 Å². The van der Waals surface area contributed by atoms with Gasteiger partial charge in [0, 0.05) is 5.69 Å². The third-order valence-electron chi connectivity index (χ3n) is 4.07. The molecule has 140 valence electrons. The number of carbonyl (C=O) groups excluding carboxylic acids is 1. The number of rotatable bonds is 7. The van der Waals surface area contributed by atoms with E-state index in [0.29, 0.717) is 5.69 Å². The molecule has 2 rings (SSSR count). The van der Waals surface area contributed by atoms with Gasteiger partial charge in [0.05, 0.1) is 11.9 Å². The van der Waals surface area contributed by atoms with Crippen LogP contribution in [0.2, 0.25) is 0 Å². The summed E-state index contributed by atoms with van der Waals surface area (Å²) in [4.78, 5) is 12.8. The van der Waals surface area contributed by atoms with E-state index < -0.39 is 27.8 Å². The van der Waals surface area contributed by atoms with Crippen LogP contribution in [0.3, 0.4) is 0 Å². The van der Waals surface area contributed by atoms with Crippen LogP contribution in [-0.2, 0) is 21.2 Å². The number of para-hydroxylation sites is 1. The molecule has 1 atom stereocenters. The molecule has 2 aromatic carbocycles. The second kappa shape index (κ2) is 8.31. The molecule has 0 heterocycles. The Labute approximate surface area is 153 Å². The molecule has 0 radical (unpaired) electrons. The fraction of sp³-hybridized carbons (Fsp3) is 0.316. The maximum Gasteiger partial charge on any atom is 0.248 e. The Hall–Kier alpha value is -2.41. The van der Waals surface area contributed by atoms with Crippen LogP contribution < -0.4 is 9.62 Å². The molecule has 0 unspecified atom stereocenters. The van der Waals surface area contributed by atoms with Gasteiger partial charge in [0.1, 0.15) is 11.9 Å². The van der Waals surface area contributed by atoms with Gasteiger partial charge in [0.15, 0.2) is 0 Å². The van der Waals surface area contributed by atoms with E-state index in [1.165, 1.54) is 24.3 Å². The van der Waals surface area contributed by atoms with Gasteiger partial charge in [-0.05, 0) is 48.7 Å². The third-order valence-corrected chi connectivity index (χ3v) is 5.25. The molecule has 5 nitrogen and oxygen atoms in total. The first-order chi connectivity index (χ1) is 12.3. The zero-order valence-electron chi connectivity index (χ0n) is 15.1. The summed E-state index contributed by atoms with van der Waals surface area (Å²) in [7, 11) is -3.75. The van der Waals surface area contributed by atoms with Crippen molar-refractivity contribution in [3.8, 4) is 0 Å². The highest BCUT2D eigenvalue weighted by Crippen LogP contribution is 2.24. The molecule has 0 bridgehead atoms. The number of amides is 1. The van der Waals surface area contributed by atoms with Gasteiger partial charge in [-0.15, -0.1) is 0 Å². The number of aryl methyl sites for hydroxylation is 1. The van der Waals surface area contributed by atoms with Crippen LogP contribution in [0, 0.1) is 5.82 Å². The second-order valence-electron chi connectivity index (χ2n) is 5.96. The highest BCUT2D eigenvalue weighted by molar-refractivity contribution is 7.92. The van der Waals surface area contributed by atoms with Gasteiger partial charge < -0.3 is 5.32 Å². The number of nitrogens with one attached hydrogen (secondary N) is 1. The Morgan fingerprint density at radius 2 is 1.73 bits per heavy atom. The van der Waals surface area contributed by atoms with Crippen LogP contribution in [0.15, 0.2) is 48.5 Å². The Morgan fingerprint density at radius 3 is 2.27 bits per heavy atom. The van der Waals surface area contributed by atoms with Crippen LogP contribution in [0.25, 0.3) is 0 Å². The lowest BCUT2D eigenvalue weighted by Crippen LogP contribution is -2.47. The molecule has 0 saturated carbocycles. The molecule has 1 amide bonds. The van der Waals surface area contributed by atoms with Crippen molar-refractivity contribution in [2.75, 3.05) is 15.9 Å². The minimum absolute atomic E-state index is 0.250. The summed E-state index contributed by atoms with van der Waals surface area (Å²) in [5.74, 6) is -0.903. The van der Waals surface area contributed by atoms with Crippen LogP contribution in [-0.4, -0.2) is 26.6 Å². The van der Waals surface area contributed by atoms with Crippen LogP contribution >= 0.6 is 0 Å². The fourth-order valence-electron chi connectivity index (χ4n) is 2.81. The number of benzene rings is 2. The molecular weight excluding hydrogens is 355 g/mol. The minimum Gasteiger partial charge on any atom is -0.324 e. The number of carbonyl (C=O) groups is 1. The second-order valence-corrected chi connectivity index (χ2v) is 7.82. The number of sulfonamides is 1. The summed E-state index contributed by atoms with van der Waals surface area (Å²) < 4.78 is 38.9. The zero-order chi connectivity index (χ0) is 19.3. The highest BCUT2D eigenvalue weighted by atomic mass is 32.2. The van der Waals surface area contributed by atoms with E-state index in [2.05, 4.69) is 5.32 Å². The van der Waals surface area contributed by atoms with E-state index >= 15 is 0 Å². The SMILES string of the molecule is CCc1ccccc1NC(=O)[C@H](CC)N(c1ccc(F)cc1)S(C)(=O)=O. The van der Waals surface area contributed by atoms with Gasteiger partial charge in [0.25, 0.3) is 0 Å². The normalized spacial score (nSPS) is 12.5. The van der Waals surface area contributed by atoms with Crippen LogP contribution in [0.4, 0.5) is 15.8 Å². The number of hydrogen-bond acceptors (Lipinski definition) is 3. The minimum atomic E-state index is -3.75. The monoisotopic (exact) mass is 378 g/mol. The topological polar surface area (TPSA) is 66.5 Å². The summed E-state index contributed by atoms with van der Waals surface area (Å²) in [5.41, 5.74) is 1.87. The van der Waals surface area contributed by atoms with Crippen molar-refractivity contribution < 1.29 is 17.6 Å². The highest BCUT2D eigenvalue weighted by Gasteiger charge is 2.31. The Morgan fingerprint density at radius 1 is 1.12 bits per heavy atom. The molecular formula is C19H23FN2O3S. The third kappa shape index (κ3) is 4.60. The van der Waals surface area contributed by atoms with Crippen molar-refractivity contribution in [1.29, 1.82) is 0 Å². The van der Waals surface area contributed by atoms with Crippen LogP contribution in [0.1, 0.15) is 25.8 Å². The fourth-order valence-corrected chi connectivity index (χ4v) is 4.03. The van der Waals surface area contributed by atoms with Crippen molar-refractivity contribution in [2.45, 2.75) is 32.7 Å². The van der Waals surface area contributed by atoms with Crippen molar-refractivity contribution in [3.05, 3.63) is 59.9 Å². The van der Waals surface area contributed by atoms with Gasteiger partial charge in [0.2, 0.25) is 15.9 Å². The van der Waals surface area contributed by atoms with Crippen LogP contribution in [0.5, 0.6) is 0 Å². The molecule has 0 aliphatic heterocycles. The number of halogens is 1. The van der Waals surface area contributed by atoms with E-state index in [0.717, 1.165) is 22.5 Å². The molecule has 0 aliphatic carbocycles. The molecule has 0 aliphatic rings. The quantitative estimate of drug-likeness (QED) is 0.801. The molecule has 0 fully saturated rings. The van der Waals surface area contributed by atoms with Gasteiger partial charge in [-0.25, -0.2) is 12.8 Å². The maximum absolute atomic E-state index is 13.2. The zero-order valence-corrected chi connectivity index (χ0v) is 15.9. The molecule has 0 saturated heterocycles. The lowest BCUT2D eigenvalue weighted by atomic mass is 10.1. The largest absolute Gasteiger partial charge is 0.324 e. The summed E-state index contributed by atoms with van der Waals surface area (Å²) in [6, 6.07) is 11.5. The molecule has 0 spiro atoms. The van der Waals surface area contributed by atoms with E-state index in [1.54, 1.807) is 13.0 Å². The molecule has 0 aromatic heterocycles. The summed E-state index contributed by atoms with van der Waals surface area (Å²) in [6.45, 7) is 3.71. The van der Waals surface area contributed by atoms with Gasteiger partial charge >= 0.3 is 0 Å². The average Bonchev–Trinajstić information content (AvgIpc) is 2.60. The van der Waals surface area contributed by atoms with Crippen molar-refractivity contribution in [2.24, 2.45) is 0 Å². The predicted octanol–water partition coefficient (Wildman–Crippen LogP) is 3.57. The first-order valence-corrected chi connectivity index (χ1v) is 10.3. The Bertz CT molecular complexity index is 867. The van der Waals surface area contributed by atoms with Gasteiger partial charge in [-0.1, -0.05) is 32.0 Å². The lowest BCUT2D eigenvalue weighted by Gasteiger charge is -2.30. The van der Waals surface area contributed by atoms with Gasteiger partial charge in [-0.3, -0.25) is 9.10 Å². The van der Waals surface area contributed by atoms with E-state index in [1.807, 2.05) is 25.1 Å². The summed E-state index contributed by atoms with van der Waals surface area (Å²) in [5, 5.41) is 2.83. The van der Waals surface area contributed by atoms with Crippen molar-refractivity contribution >= 4 is 27.3 Å². The maximum atomic E-state index is 13.2. The Kier molecular flexibility index (Phi) is 6.37. The molecule has 26 heavy (non-hydrogen) atoms. The molecule has 2 aromatic rings. The number of hydrogen-bond donors (Lipinski definition) is 1. The van der Waals surface area contributed by atoms with Crippen molar-refractivity contribution in [1.82, 2.24) is 0 Å². The standard InChI is InChI=1S/C19H23FN2O3S/c1-4-14-8-6-7-9-17(14)21-19(23)18(5-2)22(26(3,24)25)16-12-10-15(20)11-13-16/h6-13,18H,4-5H2,1-3H3,(H,21,23)/t18-/m0/s1. The Balaban J connectivity index is 2.38. The first-order valence-electron chi connectivity index (χ1n) is 8.41. The first kappa shape index (κ1) is 19.9. The molecule has 7 heteroatoms.